The largest absolute Gasteiger partial charge is 0.472 e. The van der Waals surface area contributed by atoms with E-state index < -0.39 is 51.8 Å². The maximum Gasteiger partial charge on any atom is 0.472 e. The number of ether oxygens (including phenoxy) is 2. The molecule has 0 amide bonds. The molecule has 0 aliphatic carbocycles. The van der Waals surface area contributed by atoms with E-state index in [9.17, 15) is 24.2 Å². The van der Waals surface area contributed by atoms with Gasteiger partial charge in [-0.3, -0.25) is 18.6 Å². The molecule has 3 N–H and O–H groups in total. The second-order valence-electron chi connectivity index (χ2n) is 14.0. The van der Waals surface area contributed by atoms with Crippen LogP contribution in [0.25, 0.3) is 0 Å². The van der Waals surface area contributed by atoms with Gasteiger partial charge in [0.2, 0.25) is 0 Å². The zero-order valence-electron chi connectivity index (χ0n) is 37.1. The number of esters is 2. The zero-order chi connectivity index (χ0) is 44.8. The molecule has 0 aliphatic heterocycles. The van der Waals surface area contributed by atoms with E-state index in [1.807, 2.05) is 12.2 Å². The summed E-state index contributed by atoms with van der Waals surface area (Å²) < 4.78 is 32.6. The molecule has 3 atom stereocenters. The Labute approximate surface area is 368 Å². The van der Waals surface area contributed by atoms with Crippen molar-refractivity contribution in [3.8, 4) is 0 Å². The Morgan fingerprint density at radius 3 is 1.31 bits per heavy atom. The number of carbonyl (C=O) groups excluding carboxylic acids is 2. The average Bonchev–Trinajstić information content (AvgIpc) is 3.25. The first-order valence-corrected chi connectivity index (χ1v) is 23.6. The Morgan fingerprint density at radius 2 is 0.885 bits per heavy atom. The Bertz CT molecular complexity index is 1460. The van der Waals surface area contributed by atoms with Crippen molar-refractivity contribution in [2.75, 3.05) is 26.4 Å². The monoisotopic (exact) mass is 869 g/mol. The van der Waals surface area contributed by atoms with Crippen LogP contribution in [0.15, 0.2) is 134 Å². The van der Waals surface area contributed by atoms with Crippen molar-refractivity contribution < 1.29 is 47.8 Å². The number of hydrogen-bond donors (Lipinski definition) is 3. The minimum absolute atomic E-state index is 0.0421. The van der Waals surface area contributed by atoms with Gasteiger partial charge < -0.3 is 24.6 Å². The van der Waals surface area contributed by atoms with E-state index in [1.165, 1.54) is 0 Å². The maximum absolute atomic E-state index is 12.6. The lowest BCUT2D eigenvalue weighted by Gasteiger charge is -2.20. The van der Waals surface area contributed by atoms with Gasteiger partial charge in [0.15, 0.2) is 6.10 Å². The van der Waals surface area contributed by atoms with Crippen molar-refractivity contribution in [2.24, 2.45) is 0 Å². The highest BCUT2D eigenvalue weighted by Crippen LogP contribution is 2.43. The Hall–Kier alpha value is -3.89. The van der Waals surface area contributed by atoms with Gasteiger partial charge in [-0.15, -0.1) is 0 Å². The minimum atomic E-state index is -4.66. The standard InChI is InChI=1S/C50H77O10P/c1-3-5-7-9-11-13-15-17-19-21-23-25-27-29-31-33-35-37-39-41-49(53)57-45-48(46-59-61(55,56)58-44-47(52)43-51)60-50(54)42-40-38-36-34-32-30-28-26-24-22-20-18-16-14-12-10-8-6-4-2/h5-8,11-14,17-20,23-26,29-32,36,38,47-48,51-52H,3-4,9-10,15-16,21-22,27-28,33-35,37,39-46H2,1-2H3,(H,55,56)/b7-5-,8-6-,13-11-,14-12-,19-17-,20-18-,25-23-,26-24-,31-29-,32-30-,38-36-/t47-,48+/m0/s1. The van der Waals surface area contributed by atoms with Gasteiger partial charge in [-0.1, -0.05) is 154 Å². The fraction of sp³-hybridized carbons (Fsp3) is 0.520. The van der Waals surface area contributed by atoms with Crippen molar-refractivity contribution in [2.45, 2.75) is 142 Å². The summed E-state index contributed by atoms with van der Waals surface area (Å²) in [4.78, 5) is 35.0. The smallest absolute Gasteiger partial charge is 0.462 e. The summed E-state index contributed by atoms with van der Waals surface area (Å²) in [6.07, 6.45) is 58.6. The predicted molar refractivity (Wildman–Crippen MR) is 251 cm³/mol. The van der Waals surface area contributed by atoms with Gasteiger partial charge in [0.1, 0.15) is 12.7 Å². The second-order valence-corrected chi connectivity index (χ2v) is 15.4. The minimum Gasteiger partial charge on any atom is -0.462 e. The van der Waals surface area contributed by atoms with E-state index >= 15 is 0 Å². The van der Waals surface area contributed by atoms with E-state index in [1.54, 1.807) is 0 Å². The van der Waals surface area contributed by atoms with E-state index in [0.29, 0.717) is 12.8 Å². The molecule has 61 heavy (non-hydrogen) atoms. The highest BCUT2D eigenvalue weighted by molar-refractivity contribution is 7.47. The molecule has 0 saturated carbocycles. The third kappa shape index (κ3) is 44.0. The van der Waals surface area contributed by atoms with Crippen LogP contribution >= 0.6 is 7.82 Å². The first-order chi connectivity index (χ1) is 29.7. The van der Waals surface area contributed by atoms with E-state index in [4.69, 9.17) is 19.1 Å². The summed E-state index contributed by atoms with van der Waals surface area (Å²) in [5.41, 5.74) is 0. The van der Waals surface area contributed by atoms with Crippen molar-refractivity contribution in [3.63, 3.8) is 0 Å². The summed E-state index contributed by atoms with van der Waals surface area (Å²) in [7, 11) is -4.66. The molecule has 0 fully saturated rings. The van der Waals surface area contributed by atoms with E-state index in [2.05, 4.69) is 140 Å². The molecule has 0 heterocycles. The number of hydrogen-bond acceptors (Lipinski definition) is 9. The Morgan fingerprint density at radius 1 is 0.492 bits per heavy atom. The number of carbonyl (C=O) groups is 2. The molecule has 0 bridgehead atoms. The van der Waals surface area contributed by atoms with Gasteiger partial charge in [0, 0.05) is 12.8 Å². The summed E-state index contributed by atoms with van der Waals surface area (Å²) in [5, 5.41) is 18.3. The fourth-order valence-electron chi connectivity index (χ4n) is 4.98. The summed E-state index contributed by atoms with van der Waals surface area (Å²) >= 11 is 0. The molecule has 0 spiro atoms. The second kappa shape index (κ2) is 44.2. The summed E-state index contributed by atoms with van der Waals surface area (Å²) in [5.74, 6) is -1.08. The summed E-state index contributed by atoms with van der Waals surface area (Å²) in [6, 6.07) is 0. The van der Waals surface area contributed by atoms with Crippen LogP contribution in [0.2, 0.25) is 0 Å². The average molecular weight is 869 g/mol. The molecular weight excluding hydrogens is 792 g/mol. The van der Waals surface area contributed by atoms with Crippen LogP contribution in [0.5, 0.6) is 0 Å². The van der Waals surface area contributed by atoms with Gasteiger partial charge in [0.05, 0.1) is 19.8 Å². The van der Waals surface area contributed by atoms with Crippen LogP contribution in [0.1, 0.15) is 129 Å². The number of phosphoric acid groups is 1. The molecular formula is C50H77O10P. The fourth-order valence-corrected chi connectivity index (χ4v) is 5.77. The van der Waals surface area contributed by atoms with Gasteiger partial charge in [-0.05, 0) is 96.3 Å². The topological polar surface area (TPSA) is 149 Å². The third-order valence-corrected chi connectivity index (χ3v) is 9.26. The number of allylic oxidation sites excluding steroid dienone is 22. The van der Waals surface area contributed by atoms with Crippen LogP contribution in [0.3, 0.4) is 0 Å². The Balaban J connectivity index is 4.51. The van der Waals surface area contributed by atoms with Crippen LogP contribution in [-0.4, -0.2) is 65.7 Å². The van der Waals surface area contributed by atoms with Gasteiger partial charge in [-0.25, -0.2) is 4.57 Å². The van der Waals surface area contributed by atoms with E-state index in [0.717, 1.165) is 89.9 Å². The molecule has 342 valence electrons. The normalized spacial score (nSPS) is 15.0. The number of phosphoric ester groups is 1. The predicted octanol–water partition coefficient (Wildman–Crippen LogP) is 12.1. The molecule has 1 unspecified atom stereocenters. The molecule has 0 radical (unpaired) electrons. The first-order valence-electron chi connectivity index (χ1n) is 22.1. The lowest BCUT2D eigenvalue weighted by atomic mass is 10.1. The third-order valence-electron chi connectivity index (χ3n) is 8.31. The van der Waals surface area contributed by atoms with Gasteiger partial charge in [-0.2, -0.15) is 0 Å². The number of aliphatic hydroxyl groups excluding tert-OH is 2. The number of aliphatic hydroxyl groups is 2. The van der Waals surface area contributed by atoms with Gasteiger partial charge in [0.25, 0.3) is 0 Å². The summed E-state index contributed by atoms with van der Waals surface area (Å²) in [6.45, 7) is 1.99. The van der Waals surface area contributed by atoms with E-state index in [-0.39, 0.29) is 19.4 Å². The van der Waals surface area contributed by atoms with Crippen LogP contribution in [0, 0.1) is 0 Å². The van der Waals surface area contributed by atoms with Crippen molar-refractivity contribution in [3.05, 3.63) is 134 Å². The highest BCUT2D eigenvalue weighted by atomic mass is 31.2. The molecule has 0 aliphatic rings. The highest BCUT2D eigenvalue weighted by Gasteiger charge is 2.27. The molecule has 0 aromatic carbocycles. The molecule has 0 rings (SSSR count). The molecule has 0 saturated heterocycles. The zero-order valence-corrected chi connectivity index (χ0v) is 38.0. The Kier molecular flexibility index (Phi) is 41.4. The first kappa shape index (κ1) is 57.1. The van der Waals surface area contributed by atoms with Crippen LogP contribution < -0.4 is 0 Å². The quantitative estimate of drug-likeness (QED) is 0.0236. The molecule has 0 aromatic rings. The maximum atomic E-state index is 12.6. The van der Waals surface area contributed by atoms with Crippen molar-refractivity contribution >= 4 is 19.8 Å². The van der Waals surface area contributed by atoms with Gasteiger partial charge >= 0.3 is 19.8 Å². The van der Waals surface area contributed by atoms with Crippen LogP contribution in [0.4, 0.5) is 0 Å². The SMILES string of the molecule is CC/C=C\C/C=C\C/C=C\C/C=C\C/C=C\C/C=C\CCC(=O)O[C@H](COC(=O)CCCCC/C=C\C/C=C\C/C=C\C/C=C\C/C=C\CC)COP(=O)(O)OC[C@@H](O)CO. The molecule has 10 nitrogen and oxygen atoms in total. The molecule has 11 heteroatoms. The lowest BCUT2D eigenvalue weighted by Crippen LogP contribution is -2.29. The lowest BCUT2D eigenvalue weighted by molar-refractivity contribution is -0.161. The van der Waals surface area contributed by atoms with Crippen LogP contribution in [-0.2, 0) is 32.7 Å². The van der Waals surface area contributed by atoms with Crippen molar-refractivity contribution in [1.82, 2.24) is 0 Å². The van der Waals surface area contributed by atoms with Crippen molar-refractivity contribution in [1.29, 1.82) is 0 Å². The number of rotatable bonds is 39. The number of unbranched alkanes of at least 4 members (excludes halogenated alkanes) is 3. The molecule has 0 aromatic heterocycles.